The van der Waals surface area contributed by atoms with Gasteiger partial charge in [0.25, 0.3) is 0 Å². The molecule has 0 unspecified atom stereocenters. The average Bonchev–Trinajstić information content (AvgIpc) is 3.22. The summed E-state index contributed by atoms with van der Waals surface area (Å²) in [5, 5.41) is 4.20. The molecule has 1 fully saturated rings. The fraction of sp³-hybridized carbons (Fsp3) is 0.480. The van der Waals surface area contributed by atoms with E-state index in [-0.39, 0.29) is 6.03 Å². The molecule has 0 radical (unpaired) electrons. The summed E-state index contributed by atoms with van der Waals surface area (Å²) in [5.41, 5.74) is 2.80. The molecule has 0 saturated carbocycles. The molecule has 5 rings (SSSR count). The molecule has 2 aromatic heterocycles. The smallest absolute Gasteiger partial charge is 0.317 e. The fourth-order valence-corrected chi connectivity index (χ4v) is 6.08. The van der Waals surface area contributed by atoms with Crippen molar-refractivity contribution >= 4 is 33.4 Å². The Morgan fingerprint density at radius 3 is 2.59 bits per heavy atom. The number of aromatic nitrogens is 2. The van der Waals surface area contributed by atoms with Gasteiger partial charge in [-0.05, 0) is 50.2 Å². The summed E-state index contributed by atoms with van der Waals surface area (Å²) in [5.74, 6) is 2.02. The predicted octanol–water partition coefficient (Wildman–Crippen LogP) is 4.21. The molecule has 3 heterocycles. The first-order valence-electron chi connectivity index (χ1n) is 11.9. The van der Waals surface area contributed by atoms with E-state index in [4.69, 9.17) is 9.97 Å². The van der Waals surface area contributed by atoms with Crippen LogP contribution in [0, 0.1) is 0 Å². The Morgan fingerprint density at radius 2 is 1.81 bits per heavy atom. The summed E-state index contributed by atoms with van der Waals surface area (Å²) in [6.07, 6.45) is 6.61. The highest BCUT2D eigenvalue weighted by molar-refractivity contribution is 7.19. The predicted molar refractivity (Wildman–Crippen MR) is 131 cm³/mol. The van der Waals surface area contributed by atoms with Crippen LogP contribution in [-0.2, 0) is 25.7 Å². The zero-order valence-corrected chi connectivity index (χ0v) is 19.6. The van der Waals surface area contributed by atoms with Crippen molar-refractivity contribution in [1.82, 2.24) is 20.2 Å². The van der Waals surface area contributed by atoms with Gasteiger partial charge < -0.3 is 15.1 Å². The number of amides is 2. The number of carbonyl (C=O) groups is 1. The van der Waals surface area contributed by atoms with Crippen LogP contribution in [-0.4, -0.2) is 53.6 Å². The highest BCUT2D eigenvalue weighted by atomic mass is 32.1. The summed E-state index contributed by atoms with van der Waals surface area (Å²) >= 11 is 1.87. The van der Waals surface area contributed by atoms with E-state index in [1.165, 1.54) is 40.7 Å². The van der Waals surface area contributed by atoms with E-state index >= 15 is 0 Å². The number of aryl methyl sites for hydroxylation is 4. The van der Waals surface area contributed by atoms with Gasteiger partial charge in [0.05, 0.1) is 5.39 Å². The molecule has 0 spiro atoms. The van der Waals surface area contributed by atoms with Crippen molar-refractivity contribution in [2.45, 2.75) is 45.4 Å². The molecular formula is C25H31N5OS. The molecule has 6 nitrogen and oxygen atoms in total. The van der Waals surface area contributed by atoms with Gasteiger partial charge in [0.1, 0.15) is 16.5 Å². The van der Waals surface area contributed by atoms with Crippen LogP contribution in [0.1, 0.15) is 41.6 Å². The van der Waals surface area contributed by atoms with Crippen molar-refractivity contribution in [3.8, 4) is 0 Å². The zero-order chi connectivity index (χ0) is 21.9. The molecule has 7 heteroatoms. The number of thiophene rings is 1. The van der Waals surface area contributed by atoms with Crippen LogP contribution >= 0.6 is 11.3 Å². The third kappa shape index (κ3) is 4.31. The molecule has 3 aromatic rings. The number of rotatable bonds is 5. The number of fused-ring (bicyclic) bond motifs is 3. The third-order valence-electron chi connectivity index (χ3n) is 6.52. The molecule has 1 N–H and O–H groups in total. The van der Waals surface area contributed by atoms with Gasteiger partial charge in [0, 0.05) is 44.0 Å². The molecule has 1 aliphatic heterocycles. The van der Waals surface area contributed by atoms with Crippen LogP contribution in [0.5, 0.6) is 0 Å². The molecule has 168 valence electrons. The lowest BCUT2D eigenvalue weighted by atomic mass is 9.96. The average molecular weight is 450 g/mol. The van der Waals surface area contributed by atoms with Crippen molar-refractivity contribution in [1.29, 1.82) is 0 Å². The van der Waals surface area contributed by atoms with Crippen molar-refractivity contribution in [3.05, 3.63) is 52.2 Å². The number of anilines is 1. The van der Waals surface area contributed by atoms with Crippen LogP contribution in [0.25, 0.3) is 10.2 Å². The Morgan fingerprint density at radius 1 is 1.03 bits per heavy atom. The van der Waals surface area contributed by atoms with Crippen LogP contribution in [0.2, 0.25) is 0 Å². The SMILES string of the molecule is CCNC(=O)N1CCN(c2nc(CCc3ccccc3)nc3sc4c(c23)CCCC4)CC1. The molecule has 2 amide bonds. The molecule has 1 saturated heterocycles. The summed E-state index contributed by atoms with van der Waals surface area (Å²) in [7, 11) is 0. The van der Waals surface area contributed by atoms with Crippen LogP contribution in [0.4, 0.5) is 10.6 Å². The van der Waals surface area contributed by atoms with E-state index in [9.17, 15) is 4.79 Å². The van der Waals surface area contributed by atoms with Gasteiger partial charge in [-0.15, -0.1) is 11.3 Å². The quantitative estimate of drug-likeness (QED) is 0.634. The molecule has 1 aliphatic carbocycles. The van der Waals surface area contributed by atoms with E-state index < -0.39 is 0 Å². The summed E-state index contributed by atoms with van der Waals surface area (Å²) < 4.78 is 0. The highest BCUT2D eigenvalue weighted by Crippen LogP contribution is 2.40. The van der Waals surface area contributed by atoms with Gasteiger partial charge in [0.2, 0.25) is 0 Å². The van der Waals surface area contributed by atoms with Crippen molar-refractivity contribution < 1.29 is 4.79 Å². The second kappa shape index (κ2) is 9.45. The summed E-state index contributed by atoms with van der Waals surface area (Å²) in [4.78, 5) is 29.4. The maximum atomic E-state index is 12.3. The lowest BCUT2D eigenvalue weighted by Crippen LogP contribution is -2.52. The third-order valence-corrected chi connectivity index (χ3v) is 7.70. The Hall–Kier alpha value is -2.67. The van der Waals surface area contributed by atoms with E-state index in [1.807, 2.05) is 23.2 Å². The van der Waals surface area contributed by atoms with E-state index in [1.54, 1.807) is 0 Å². The Kier molecular flexibility index (Phi) is 6.26. The Bertz CT molecular complexity index is 1090. The largest absolute Gasteiger partial charge is 0.352 e. The minimum atomic E-state index is 0.0384. The van der Waals surface area contributed by atoms with Gasteiger partial charge in [-0.1, -0.05) is 30.3 Å². The minimum absolute atomic E-state index is 0.0384. The molecule has 32 heavy (non-hydrogen) atoms. The Balaban J connectivity index is 1.44. The topological polar surface area (TPSA) is 61.4 Å². The lowest BCUT2D eigenvalue weighted by Gasteiger charge is -2.35. The van der Waals surface area contributed by atoms with E-state index in [0.29, 0.717) is 6.54 Å². The van der Waals surface area contributed by atoms with Crippen molar-refractivity contribution in [2.75, 3.05) is 37.6 Å². The zero-order valence-electron chi connectivity index (χ0n) is 18.8. The molecule has 0 bridgehead atoms. The lowest BCUT2D eigenvalue weighted by molar-refractivity contribution is 0.195. The van der Waals surface area contributed by atoms with Gasteiger partial charge >= 0.3 is 6.03 Å². The first kappa shape index (κ1) is 21.2. The Labute approximate surface area is 193 Å². The normalized spacial score (nSPS) is 16.3. The van der Waals surface area contributed by atoms with Gasteiger partial charge in [-0.25, -0.2) is 14.8 Å². The molecule has 2 aliphatic rings. The van der Waals surface area contributed by atoms with Crippen LogP contribution in [0.15, 0.2) is 30.3 Å². The van der Waals surface area contributed by atoms with Gasteiger partial charge in [0.15, 0.2) is 0 Å². The standard InChI is InChI=1S/C25H31N5OS/c1-2-26-25(31)30-16-14-29(15-17-30)23-22-19-10-6-7-11-20(19)32-24(22)28-21(27-23)13-12-18-8-4-3-5-9-18/h3-5,8-9H,2,6-7,10-17H2,1H3,(H,26,31). The number of nitrogens with one attached hydrogen (secondary N) is 1. The minimum Gasteiger partial charge on any atom is -0.352 e. The van der Waals surface area contributed by atoms with Crippen LogP contribution < -0.4 is 10.2 Å². The summed E-state index contributed by atoms with van der Waals surface area (Å²) in [6.45, 7) is 5.70. The molecule has 0 atom stereocenters. The number of benzene rings is 1. The van der Waals surface area contributed by atoms with E-state index in [2.05, 4.69) is 40.5 Å². The van der Waals surface area contributed by atoms with Gasteiger partial charge in [-0.3, -0.25) is 0 Å². The monoisotopic (exact) mass is 449 g/mol. The summed E-state index contributed by atoms with van der Waals surface area (Å²) in [6, 6.07) is 10.6. The number of piperazine rings is 1. The number of hydrogen-bond acceptors (Lipinski definition) is 5. The fourth-order valence-electron chi connectivity index (χ4n) is 4.81. The van der Waals surface area contributed by atoms with Crippen molar-refractivity contribution in [3.63, 3.8) is 0 Å². The molecular weight excluding hydrogens is 418 g/mol. The number of carbonyl (C=O) groups excluding carboxylic acids is 1. The van der Waals surface area contributed by atoms with E-state index in [0.717, 1.165) is 61.9 Å². The van der Waals surface area contributed by atoms with Crippen molar-refractivity contribution in [2.24, 2.45) is 0 Å². The number of urea groups is 1. The van der Waals surface area contributed by atoms with Crippen LogP contribution in [0.3, 0.4) is 0 Å². The first-order valence-corrected chi connectivity index (χ1v) is 12.7. The maximum absolute atomic E-state index is 12.3. The number of nitrogens with zero attached hydrogens (tertiary/aromatic N) is 4. The number of hydrogen-bond donors (Lipinski definition) is 1. The first-order chi connectivity index (χ1) is 15.7. The van der Waals surface area contributed by atoms with Gasteiger partial charge in [-0.2, -0.15) is 0 Å². The second-order valence-electron chi connectivity index (χ2n) is 8.65. The molecule has 1 aromatic carbocycles. The second-order valence-corrected chi connectivity index (χ2v) is 9.73. The highest BCUT2D eigenvalue weighted by Gasteiger charge is 2.27. The maximum Gasteiger partial charge on any atom is 0.317 e.